The monoisotopic (exact) mass is 730 g/mol. The van der Waals surface area contributed by atoms with E-state index in [1.54, 1.807) is 0 Å². The van der Waals surface area contributed by atoms with Crippen molar-refractivity contribution in [2.24, 2.45) is 0 Å². The molecular formula is C33H33F7N4O7. The Kier molecular flexibility index (Phi) is 12.2. The Labute approximate surface area is 286 Å². The number of likely N-dealkylation sites (tertiary alicyclic amines) is 1. The van der Waals surface area contributed by atoms with Gasteiger partial charge in [-0.2, -0.15) is 0 Å². The number of aliphatic hydroxyl groups is 2. The minimum absolute atomic E-state index is 0.0267. The van der Waals surface area contributed by atoms with E-state index < -0.39 is 47.3 Å². The molecule has 3 amide bonds. The third-order valence-corrected chi connectivity index (χ3v) is 7.94. The first-order chi connectivity index (χ1) is 23.8. The zero-order valence-electron chi connectivity index (χ0n) is 26.6. The lowest BCUT2D eigenvalue weighted by atomic mass is 9.90. The number of nitrogens with one attached hydrogen (secondary N) is 3. The summed E-state index contributed by atoms with van der Waals surface area (Å²) in [7, 11) is 0. The highest BCUT2D eigenvalue weighted by Crippen LogP contribution is 2.28. The van der Waals surface area contributed by atoms with Crippen LogP contribution < -0.4 is 25.4 Å². The van der Waals surface area contributed by atoms with Gasteiger partial charge in [0.1, 0.15) is 28.5 Å². The Balaban J connectivity index is 0.000000244. The van der Waals surface area contributed by atoms with Gasteiger partial charge in [0.2, 0.25) is 0 Å². The van der Waals surface area contributed by atoms with Crippen LogP contribution in [0.5, 0.6) is 11.5 Å². The average molecular weight is 731 g/mol. The third kappa shape index (κ3) is 11.5. The Morgan fingerprint density at radius 2 is 1.04 bits per heavy atom. The Bertz CT molecular complexity index is 1640. The summed E-state index contributed by atoms with van der Waals surface area (Å²) in [4.78, 5) is 38.4. The Morgan fingerprint density at radius 1 is 0.647 bits per heavy atom. The summed E-state index contributed by atoms with van der Waals surface area (Å²) >= 11 is 0. The number of amides is 3. The second-order valence-corrected chi connectivity index (χ2v) is 11.7. The van der Waals surface area contributed by atoms with Crippen LogP contribution in [0.25, 0.3) is 0 Å². The van der Waals surface area contributed by atoms with E-state index in [9.17, 15) is 55.3 Å². The third-order valence-electron chi connectivity index (χ3n) is 7.94. The predicted octanol–water partition coefficient (Wildman–Crippen LogP) is 4.97. The molecule has 5 rings (SSSR count). The van der Waals surface area contributed by atoms with Crippen molar-refractivity contribution in [2.45, 2.75) is 49.6 Å². The molecule has 51 heavy (non-hydrogen) atoms. The maximum atomic E-state index is 13.0. The normalized spacial score (nSPS) is 16.9. The number of hydrogen-bond acceptors (Lipinski definition) is 8. The van der Waals surface area contributed by atoms with Crippen LogP contribution in [0.3, 0.4) is 0 Å². The highest BCUT2D eigenvalue weighted by Gasteiger charge is 2.41. The molecule has 3 aromatic carbocycles. The van der Waals surface area contributed by atoms with Gasteiger partial charge in [0.05, 0.1) is 0 Å². The molecule has 276 valence electrons. The van der Waals surface area contributed by atoms with E-state index in [1.807, 2.05) is 0 Å². The topological polar surface area (TPSA) is 149 Å². The van der Waals surface area contributed by atoms with Crippen molar-refractivity contribution in [3.63, 3.8) is 0 Å². The number of carbonyl (C=O) groups excluding carboxylic acids is 3. The maximum Gasteiger partial charge on any atom is 0.573 e. The number of alkyl halides is 6. The zero-order chi connectivity index (χ0) is 37.5. The quantitative estimate of drug-likeness (QED) is 0.214. The lowest BCUT2D eigenvalue weighted by Gasteiger charge is -2.37. The minimum atomic E-state index is -4.82. The van der Waals surface area contributed by atoms with Gasteiger partial charge in [-0.15, -0.1) is 26.3 Å². The van der Waals surface area contributed by atoms with Crippen LogP contribution in [0.2, 0.25) is 0 Å². The van der Waals surface area contributed by atoms with Gasteiger partial charge in [0.15, 0.2) is 0 Å². The Hall–Kier alpha value is -4.94. The molecule has 2 heterocycles. The van der Waals surface area contributed by atoms with Crippen molar-refractivity contribution < 1.29 is 64.8 Å². The van der Waals surface area contributed by atoms with Crippen LogP contribution in [0.15, 0.2) is 72.8 Å². The van der Waals surface area contributed by atoms with Crippen LogP contribution in [0.4, 0.5) is 42.1 Å². The number of halogens is 7. The molecule has 11 nitrogen and oxygen atoms in total. The van der Waals surface area contributed by atoms with Gasteiger partial charge in [-0.1, -0.05) is 0 Å². The number of rotatable bonds is 7. The zero-order valence-corrected chi connectivity index (χ0v) is 26.6. The van der Waals surface area contributed by atoms with Gasteiger partial charge >= 0.3 is 12.7 Å². The number of hydrogen-bond donors (Lipinski definition) is 5. The lowest BCUT2D eigenvalue weighted by Crippen LogP contribution is -2.52. The molecule has 0 saturated carbocycles. The molecule has 0 aromatic heterocycles. The van der Waals surface area contributed by atoms with Gasteiger partial charge in [-0.3, -0.25) is 14.4 Å². The van der Waals surface area contributed by atoms with E-state index in [0.717, 1.165) is 24.3 Å². The van der Waals surface area contributed by atoms with Crippen LogP contribution in [0, 0.1) is 5.82 Å². The second kappa shape index (κ2) is 15.9. The number of nitrogens with zero attached hydrogens (tertiary/aromatic N) is 1. The molecule has 0 spiro atoms. The summed E-state index contributed by atoms with van der Waals surface area (Å²) < 4.78 is 93.1. The van der Waals surface area contributed by atoms with Crippen LogP contribution in [0.1, 0.15) is 36.0 Å². The number of benzene rings is 3. The second-order valence-electron chi connectivity index (χ2n) is 11.7. The number of anilines is 2. The van der Waals surface area contributed by atoms with E-state index in [2.05, 4.69) is 25.4 Å². The molecule has 0 unspecified atom stereocenters. The van der Waals surface area contributed by atoms with Crippen LogP contribution in [-0.2, 0) is 9.59 Å². The fourth-order valence-electron chi connectivity index (χ4n) is 5.12. The largest absolute Gasteiger partial charge is 0.573 e. The summed E-state index contributed by atoms with van der Waals surface area (Å²) in [5.74, 6) is -2.89. The number of carbonyl (C=O) groups is 3. The highest BCUT2D eigenvalue weighted by atomic mass is 19.4. The first-order valence-electron chi connectivity index (χ1n) is 15.4. The van der Waals surface area contributed by atoms with Crippen molar-refractivity contribution >= 4 is 29.1 Å². The fraction of sp³-hybridized carbons (Fsp3) is 0.364. The van der Waals surface area contributed by atoms with E-state index in [0.29, 0.717) is 24.3 Å². The van der Waals surface area contributed by atoms with E-state index in [-0.39, 0.29) is 56.1 Å². The molecule has 2 saturated heterocycles. The number of ether oxygens (including phenoxy) is 2. The molecule has 0 bridgehead atoms. The van der Waals surface area contributed by atoms with Crippen LogP contribution in [-0.4, -0.2) is 82.9 Å². The summed E-state index contributed by atoms with van der Waals surface area (Å²) in [6.45, 7) is 1.28. The average Bonchev–Trinajstić information content (AvgIpc) is 3.06. The van der Waals surface area contributed by atoms with E-state index >= 15 is 0 Å². The van der Waals surface area contributed by atoms with E-state index in [1.165, 1.54) is 53.4 Å². The Morgan fingerprint density at radius 3 is 1.43 bits per heavy atom. The molecule has 0 atom stereocenters. The van der Waals surface area contributed by atoms with Crippen LogP contribution >= 0.6 is 0 Å². The first kappa shape index (κ1) is 38.9. The summed E-state index contributed by atoms with van der Waals surface area (Å²) in [6.07, 6.45) is -9.06. The predicted molar refractivity (Wildman–Crippen MR) is 167 cm³/mol. The number of piperidine rings is 2. The smallest absolute Gasteiger partial charge is 0.406 e. The van der Waals surface area contributed by atoms with Crippen molar-refractivity contribution in [3.8, 4) is 11.5 Å². The highest BCUT2D eigenvalue weighted by molar-refractivity contribution is 5.98. The van der Waals surface area contributed by atoms with Crippen molar-refractivity contribution in [2.75, 3.05) is 36.8 Å². The molecular weight excluding hydrogens is 697 g/mol. The van der Waals surface area contributed by atoms with Gasteiger partial charge in [0, 0.05) is 42.9 Å². The maximum absolute atomic E-state index is 13.0. The molecule has 2 aliphatic heterocycles. The minimum Gasteiger partial charge on any atom is -0.406 e. The molecule has 2 aliphatic rings. The molecule has 2 fully saturated rings. The van der Waals surface area contributed by atoms with Gasteiger partial charge in [-0.05, 0) is 98.7 Å². The van der Waals surface area contributed by atoms with Gasteiger partial charge in [0.25, 0.3) is 17.7 Å². The standard InChI is InChI=1S/C20H18F4N2O4.C13H15F3N2O3/c21-14-3-1-13(2-4-14)17(27)26-11-9-19(29,10-12-26)18(28)25-15-5-7-16(8-6-15)30-20(22,23)24;14-13(15,16)21-10-3-1-9(2-4-10)18-11(19)12(20)5-7-17-8-6-12/h1-8,29H,9-12H2,(H,25,28);1-4,17,20H,5-8H2,(H,18,19). The molecule has 0 aliphatic carbocycles. The SMILES string of the molecule is O=C(Nc1ccc(OC(F)(F)F)cc1)C1(O)CCNCC1.O=C(c1ccc(F)cc1)N1CCC(O)(C(=O)Nc2ccc(OC(F)(F)F)cc2)CC1. The molecule has 5 N–H and O–H groups in total. The molecule has 18 heteroatoms. The van der Waals surface area contributed by atoms with Crippen molar-refractivity contribution in [3.05, 3.63) is 84.2 Å². The molecule has 0 radical (unpaired) electrons. The first-order valence-corrected chi connectivity index (χ1v) is 15.4. The summed E-state index contributed by atoms with van der Waals surface area (Å²) in [6, 6.07) is 14.3. The summed E-state index contributed by atoms with van der Waals surface area (Å²) in [5, 5.41) is 28.8. The fourth-order valence-corrected chi connectivity index (χ4v) is 5.12. The van der Waals surface area contributed by atoms with E-state index in [4.69, 9.17) is 0 Å². The summed E-state index contributed by atoms with van der Waals surface area (Å²) in [5.41, 5.74) is -2.41. The molecule has 3 aromatic rings. The van der Waals surface area contributed by atoms with Crippen molar-refractivity contribution in [1.29, 1.82) is 0 Å². The van der Waals surface area contributed by atoms with Gasteiger partial charge < -0.3 is 40.5 Å². The lowest BCUT2D eigenvalue weighted by molar-refractivity contribution is -0.275. The van der Waals surface area contributed by atoms with Crippen molar-refractivity contribution in [1.82, 2.24) is 10.2 Å². The van der Waals surface area contributed by atoms with Gasteiger partial charge in [-0.25, -0.2) is 4.39 Å².